The fraction of sp³-hybridized carbons (Fsp3) is 0.257. The van der Waals surface area contributed by atoms with Crippen molar-refractivity contribution in [3.05, 3.63) is 107 Å². The zero-order valence-electron chi connectivity index (χ0n) is 25.9. The van der Waals surface area contributed by atoms with Gasteiger partial charge in [-0.25, -0.2) is 4.98 Å². The van der Waals surface area contributed by atoms with Gasteiger partial charge >= 0.3 is 0 Å². The number of hydrogen-bond donors (Lipinski definition) is 2. The van der Waals surface area contributed by atoms with Gasteiger partial charge in [0, 0.05) is 35.2 Å². The molecule has 0 aliphatic heterocycles. The Bertz CT molecular complexity index is 1930. The van der Waals surface area contributed by atoms with Crippen LogP contribution in [0.2, 0.25) is 0 Å². The van der Waals surface area contributed by atoms with E-state index in [2.05, 4.69) is 64.5 Å². The Labute approximate surface area is 258 Å². The van der Waals surface area contributed by atoms with Crippen molar-refractivity contribution in [1.82, 2.24) is 24.1 Å². The number of rotatable bonds is 8. The van der Waals surface area contributed by atoms with Crippen LogP contribution in [-0.2, 0) is 12.0 Å². The van der Waals surface area contributed by atoms with Crippen LogP contribution in [0.4, 0.5) is 17.1 Å². The van der Waals surface area contributed by atoms with Gasteiger partial charge in [-0.15, -0.1) is 0 Å². The van der Waals surface area contributed by atoms with Crippen molar-refractivity contribution >= 4 is 28.6 Å². The fourth-order valence-electron chi connectivity index (χ4n) is 4.60. The molecule has 9 nitrogen and oxygen atoms in total. The largest absolute Gasteiger partial charge is 0.350 e. The van der Waals surface area contributed by atoms with Gasteiger partial charge in [0.15, 0.2) is 5.65 Å². The SMILES string of the molecule is Cc1ccc(C(=O)Nc2cccc(C(C)(C)C#N)c2)cc1C#Cc1cnc2c(Nc3cnn(CC(C)N(C)C)c3)cccn12. The number of aryl methyl sites for hydroxylation is 1. The summed E-state index contributed by atoms with van der Waals surface area (Å²) in [5.74, 6) is 6.23. The summed E-state index contributed by atoms with van der Waals surface area (Å²) in [6, 6.07) is 19.4. The average molecular weight is 585 g/mol. The first kappa shape index (κ1) is 30.1. The van der Waals surface area contributed by atoms with Crippen LogP contribution in [0.25, 0.3) is 5.65 Å². The Morgan fingerprint density at radius 2 is 1.89 bits per heavy atom. The summed E-state index contributed by atoms with van der Waals surface area (Å²) in [7, 11) is 4.12. The minimum absolute atomic E-state index is 0.245. The molecule has 3 aromatic heterocycles. The molecule has 9 heteroatoms. The van der Waals surface area contributed by atoms with Crippen LogP contribution in [0.1, 0.15) is 53.5 Å². The van der Waals surface area contributed by atoms with Crippen LogP contribution in [0, 0.1) is 30.1 Å². The van der Waals surface area contributed by atoms with Crippen LogP contribution >= 0.6 is 0 Å². The van der Waals surface area contributed by atoms with Gasteiger partial charge in [-0.2, -0.15) is 10.4 Å². The number of nitrogens with one attached hydrogen (secondary N) is 2. The summed E-state index contributed by atoms with van der Waals surface area (Å²) in [6.07, 6.45) is 7.48. The Morgan fingerprint density at radius 3 is 2.66 bits per heavy atom. The number of nitrogens with zero attached hydrogens (tertiary/aromatic N) is 6. The minimum Gasteiger partial charge on any atom is -0.350 e. The van der Waals surface area contributed by atoms with E-state index in [1.165, 1.54) is 0 Å². The first-order valence-electron chi connectivity index (χ1n) is 14.4. The van der Waals surface area contributed by atoms with E-state index >= 15 is 0 Å². The second-order valence-electron chi connectivity index (χ2n) is 11.7. The predicted octanol–water partition coefficient (Wildman–Crippen LogP) is 5.99. The molecule has 5 aromatic rings. The summed E-state index contributed by atoms with van der Waals surface area (Å²) < 4.78 is 3.87. The highest BCUT2D eigenvalue weighted by atomic mass is 16.1. The van der Waals surface area contributed by atoms with Crippen LogP contribution in [0.3, 0.4) is 0 Å². The molecule has 0 aliphatic rings. The smallest absolute Gasteiger partial charge is 0.255 e. The van der Waals surface area contributed by atoms with Crippen LogP contribution < -0.4 is 10.6 Å². The fourth-order valence-corrected chi connectivity index (χ4v) is 4.60. The number of benzene rings is 2. The molecule has 3 heterocycles. The molecule has 1 unspecified atom stereocenters. The number of carbonyl (C=O) groups is 1. The van der Waals surface area contributed by atoms with Gasteiger partial charge in [0.05, 0.1) is 41.8 Å². The Kier molecular flexibility index (Phi) is 8.52. The number of hydrogen-bond acceptors (Lipinski definition) is 6. The highest BCUT2D eigenvalue weighted by Crippen LogP contribution is 2.25. The lowest BCUT2D eigenvalue weighted by atomic mass is 9.86. The Morgan fingerprint density at radius 1 is 1.07 bits per heavy atom. The topological polar surface area (TPSA) is 103 Å². The lowest BCUT2D eigenvalue weighted by Crippen LogP contribution is -2.29. The number of aromatic nitrogens is 4. The zero-order chi connectivity index (χ0) is 31.4. The number of carbonyl (C=O) groups excluding carboxylic acids is 1. The van der Waals surface area contributed by atoms with Crippen LogP contribution in [-0.4, -0.2) is 50.1 Å². The van der Waals surface area contributed by atoms with E-state index in [1.54, 1.807) is 18.3 Å². The quantitative estimate of drug-likeness (QED) is 0.217. The number of amides is 1. The van der Waals surface area contributed by atoms with Crippen molar-refractivity contribution in [2.24, 2.45) is 0 Å². The van der Waals surface area contributed by atoms with Gasteiger partial charge in [0.1, 0.15) is 5.69 Å². The van der Waals surface area contributed by atoms with E-state index < -0.39 is 5.41 Å². The second kappa shape index (κ2) is 12.5. The number of anilines is 3. The molecule has 0 radical (unpaired) electrons. The number of nitriles is 1. The van der Waals surface area contributed by atoms with Gasteiger partial charge in [0.2, 0.25) is 0 Å². The van der Waals surface area contributed by atoms with E-state index in [4.69, 9.17) is 0 Å². The first-order chi connectivity index (χ1) is 21.0. The summed E-state index contributed by atoms with van der Waals surface area (Å²) >= 11 is 0. The molecule has 1 atom stereocenters. The molecule has 0 aliphatic carbocycles. The monoisotopic (exact) mass is 584 g/mol. The highest BCUT2D eigenvalue weighted by molar-refractivity contribution is 6.04. The number of likely N-dealkylation sites (N-methyl/N-ethyl adjacent to an activating group) is 1. The third kappa shape index (κ3) is 6.64. The highest BCUT2D eigenvalue weighted by Gasteiger charge is 2.20. The Balaban J connectivity index is 1.34. The molecule has 0 spiro atoms. The molecule has 0 saturated carbocycles. The molecular formula is C35H36N8O. The second-order valence-corrected chi connectivity index (χ2v) is 11.7. The van der Waals surface area contributed by atoms with Gasteiger partial charge < -0.3 is 15.5 Å². The van der Waals surface area contributed by atoms with Crippen molar-refractivity contribution in [2.75, 3.05) is 24.7 Å². The summed E-state index contributed by atoms with van der Waals surface area (Å²) in [5, 5.41) is 20.4. The maximum atomic E-state index is 13.1. The van der Waals surface area contributed by atoms with E-state index in [9.17, 15) is 10.1 Å². The molecule has 222 valence electrons. The van der Waals surface area contributed by atoms with Crippen LogP contribution in [0.15, 0.2) is 79.4 Å². The molecule has 2 aromatic carbocycles. The van der Waals surface area contributed by atoms with E-state index in [0.717, 1.165) is 46.0 Å². The molecule has 1 amide bonds. The Hall–Kier alpha value is -5.38. The van der Waals surface area contributed by atoms with Gasteiger partial charge in [0.25, 0.3) is 5.91 Å². The average Bonchev–Trinajstić information content (AvgIpc) is 3.63. The molecule has 0 bridgehead atoms. The van der Waals surface area contributed by atoms with E-state index in [1.807, 2.05) is 90.9 Å². The molecule has 5 rings (SSSR count). The number of pyridine rings is 1. The van der Waals surface area contributed by atoms with E-state index in [0.29, 0.717) is 17.3 Å². The van der Waals surface area contributed by atoms with Crippen molar-refractivity contribution in [3.63, 3.8) is 0 Å². The van der Waals surface area contributed by atoms with E-state index in [-0.39, 0.29) is 5.91 Å². The summed E-state index contributed by atoms with van der Waals surface area (Å²) in [5.41, 5.74) is 6.22. The first-order valence-corrected chi connectivity index (χ1v) is 14.4. The van der Waals surface area contributed by atoms with Crippen molar-refractivity contribution in [2.45, 2.75) is 45.7 Å². The third-order valence-electron chi connectivity index (χ3n) is 7.73. The third-order valence-corrected chi connectivity index (χ3v) is 7.73. The molecule has 2 N–H and O–H groups in total. The van der Waals surface area contributed by atoms with Gasteiger partial charge in [-0.1, -0.05) is 24.1 Å². The van der Waals surface area contributed by atoms with Crippen molar-refractivity contribution in [1.29, 1.82) is 5.26 Å². The lowest BCUT2D eigenvalue weighted by molar-refractivity contribution is 0.102. The van der Waals surface area contributed by atoms with Gasteiger partial charge in [-0.05, 0) is 95.2 Å². The standard InChI is InChI=1S/C35H36N8O/c1-24-12-13-27(34(44)40-29-10-7-9-28(18-29)35(3,4)23-36)17-26(24)14-15-31-20-37-33-32(11-8-16-43(31)33)39-30-19-38-42(22-30)21-25(2)41(5)6/h7-13,16-20,22,25,39H,21H2,1-6H3,(H,40,44). The normalized spacial score (nSPS) is 12.0. The summed E-state index contributed by atoms with van der Waals surface area (Å²) in [6.45, 7) is 8.62. The molecular weight excluding hydrogens is 548 g/mol. The van der Waals surface area contributed by atoms with Crippen LogP contribution in [0.5, 0.6) is 0 Å². The number of fused-ring (bicyclic) bond motifs is 1. The minimum atomic E-state index is -0.657. The zero-order valence-corrected chi connectivity index (χ0v) is 25.9. The maximum Gasteiger partial charge on any atom is 0.255 e. The summed E-state index contributed by atoms with van der Waals surface area (Å²) in [4.78, 5) is 19.9. The molecule has 44 heavy (non-hydrogen) atoms. The molecule has 0 saturated heterocycles. The number of imidazole rings is 1. The lowest BCUT2D eigenvalue weighted by Gasteiger charge is -2.19. The van der Waals surface area contributed by atoms with Crippen molar-refractivity contribution < 1.29 is 4.79 Å². The molecule has 0 fully saturated rings. The van der Waals surface area contributed by atoms with Gasteiger partial charge in [-0.3, -0.25) is 13.9 Å². The predicted molar refractivity (Wildman–Crippen MR) is 174 cm³/mol. The van der Waals surface area contributed by atoms with Crippen molar-refractivity contribution in [3.8, 4) is 17.9 Å². The maximum absolute atomic E-state index is 13.1.